The molecule has 0 spiro atoms. The van der Waals surface area contributed by atoms with Crippen LogP contribution in [0.5, 0.6) is 0 Å². The van der Waals surface area contributed by atoms with E-state index < -0.39 is 10.0 Å². The van der Waals surface area contributed by atoms with Gasteiger partial charge in [-0.1, -0.05) is 42.5 Å². The van der Waals surface area contributed by atoms with Gasteiger partial charge in [-0.15, -0.1) is 0 Å². The van der Waals surface area contributed by atoms with Crippen molar-refractivity contribution in [3.63, 3.8) is 0 Å². The zero-order valence-electron chi connectivity index (χ0n) is 10.6. The van der Waals surface area contributed by atoms with E-state index in [9.17, 15) is 8.42 Å². The van der Waals surface area contributed by atoms with Gasteiger partial charge in [-0.05, 0) is 29.7 Å². The number of benzene rings is 2. The third kappa shape index (κ3) is 3.55. The molecule has 0 saturated heterocycles. The standard InChI is InChI=1S/C14H17NO2S/c1-11(15-18(2,16)17)9-12-7-8-13-5-3-4-6-14(13)10-12/h3-8,10-11,15H,9H2,1-2H3/t11-/m0/s1. The molecule has 0 heterocycles. The third-order valence-corrected chi connectivity index (χ3v) is 3.60. The van der Waals surface area contributed by atoms with Crippen molar-refractivity contribution >= 4 is 20.8 Å². The number of nitrogens with one attached hydrogen (secondary N) is 1. The molecule has 0 aromatic heterocycles. The molecule has 1 N–H and O–H groups in total. The molecule has 0 aliphatic carbocycles. The van der Waals surface area contributed by atoms with Crippen molar-refractivity contribution in [3.05, 3.63) is 48.0 Å². The first-order chi connectivity index (χ1) is 8.44. The van der Waals surface area contributed by atoms with Crippen LogP contribution in [0.15, 0.2) is 42.5 Å². The van der Waals surface area contributed by atoms with Crippen LogP contribution in [0.1, 0.15) is 12.5 Å². The average molecular weight is 263 g/mol. The second kappa shape index (κ2) is 5.08. The molecule has 0 fully saturated rings. The maximum Gasteiger partial charge on any atom is 0.208 e. The van der Waals surface area contributed by atoms with Crippen molar-refractivity contribution in [2.75, 3.05) is 6.26 Å². The number of rotatable bonds is 4. The second-order valence-electron chi connectivity index (χ2n) is 4.68. The molecular weight excluding hydrogens is 246 g/mol. The van der Waals surface area contributed by atoms with Crippen LogP contribution in [0.4, 0.5) is 0 Å². The van der Waals surface area contributed by atoms with Gasteiger partial charge in [0.25, 0.3) is 0 Å². The van der Waals surface area contributed by atoms with E-state index in [1.165, 1.54) is 17.0 Å². The summed E-state index contributed by atoms with van der Waals surface area (Å²) in [7, 11) is -3.14. The van der Waals surface area contributed by atoms with Gasteiger partial charge in [0, 0.05) is 6.04 Å². The fourth-order valence-corrected chi connectivity index (χ4v) is 2.94. The molecule has 96 valence electrons. The van der Waals surface area contributed by atoms with E-state index in [2.05, 4.69) is 29.0 Å². The Kier molecular flexibility index (Phi) is 3.68. The summed E-state index contributed by atoms with van der Waals surface area (Å²) < 4.78 is 24.9. The van der Waals surface area contributed by atoms with Crippen molar-refractivity contribution in [1.29, 1.82) is 0 Å². The largest absolute Gasteiger partial charge is 0.213 e. The molecule has 2 aromatic carbocycles. The van der Waals surface area contributed by atoms with Gasteiger partial charge in [-0.25, -0.2) is 13.1 Å². The van der Waals surface area contributed by atoms with Crippen LogP contribution in [0, 0.1) is 0 Å². The zero-order chi connectivity index (χ0) is 13.2. The molecular formula is C14H17NO2S. The molecule has 0 aliphatic heterocycles. The quantitative estimate of drug-likeness (QED) is 0.920. The van der Waals surface area contributed by atoms with E-state index in [4.69, 9.17) is 0 Å². The highest BCUT2D eigenvalue weighted by molar-refractivity contribution is 7.88. The minimum atomic E-state index is -3.14. The summed E-state index contributed by atoms with van der Waals surface area (Å²) in [6.07, 6.45) is 1.88. The number of sulfonamides is 1. The van der Waals surface area contributed by atoms with Gasteiger partial charge in [-0.3, -0.25) is 0 Å². The Bertz CT molecular complexity index is 650. The molecule has 0 unspecified atom stereocenters. The van der Waals surface area contributed by atoms with Gasteiger partial charge in [0.1, 0.15) is 0 Å². The van der Waals surface area contributed by atoms with Crippen molar-refractivity contribution in [2.45, 2.75) is 19.4 Å². The summed E-state index contributed by atoms with van der Waals surface area (Å²) in [5.74, 6) is 0. The van der Waals surface area contributed by atoms with Crippen molar-refractivity contribution in [1.82, 2.24) is 4.72 Å². The lowest BCUT2D eigenvalue weighted by atomic mass is 10.0. The smallest absolute Gasteiger partial charge is 0.208 e. The highest BCUT2D eigenvalue weighted by Gasteiger charge is 2.09. The van der Waals surface area contributed by atoms with E-state index in [1.807, 2.05) is 25.1 Å². The van der Waals surface area contributed by atoms with Crippen LogP contribution in [0.25, 0.3) is 10.8 Å². The lowest BCUT2D eigenvalue weighted by Crippen LogP contribution is -2.33. The molecule has 2 rings (SSSR count). The molecule has 0 aliphatic rings. The van der Waals surface area contributed by atoms with Crippen LogP contribution >= 0.6 is 0 Å². The Morgan fingerprint density at radius 2 is 1.78 bits per heavy atom. The normalized spacial score (nSPS) is 13.7. The topological polar surface area (TPSA) is 46.2 Å². The predicted molar refractivity (Wildman–Crippen MR) is 75.1 cm³/mol. The number of hydrogen-bond acceptors (Lipinski definition) is 2. The van der Waals surface area contributed by atoms with Gasteiger partial charge < -0.3 is 0 Å². The fourth-order valence-electron chi connectivity index (χ4n) is 2.13. The minimum Gasteiger partial charge on any atom is -0.213 e. The molecule has 1 atom stereocenters. The second-order valence-corrected chi connectivity index (χ2v) is 6.46. The Labute approximate surface area is 108 Å². The number of hydrogen-bond donors (Lipinski definition) is 1. The monoisotopic (exact) mass is 263 g/mol. The molecule has 18 heavy (non-hydrogen) atoms. The lowest BCUT2D eigenvalue weighted by Gasteiger charge is -2.12. The van der Waals surface area contributed by atoms with Crippen LogP contribution in [-0.2, 0) is 16.4 Å². The van der Waals surface area contributed by atoms with Crippen LogP contribution in [0.3, 0.4) is 0 Å². The van der Waals surface area contributed by atoms with Crippen molar-refractivity contribution in [3.8, 4) is 0 Å². The Balaban J connectivity index is 2.17. The Morgan fingerprint density at radius 1 is 1.11 bits per heavy atom. The Morgan fingerprint density at radius 3 is 2.44 bits per heavy atom. The summed E-state index contributed by atoms with van der Waals surface area (Å²) >= 11 is 0. The SMILES string of the molecule is C[C@@H](Cc1ccc2ccccc2c1)NS(C)(=O)=O. The Hall–Kier alpha value is -1.39. The molecule has 0 bridgehead atoms. The van der Waals surface area contributed by atoms with E-state index in [0.717, 1.165) is 5.56 Å². The highest BCUT2D eigenvalue weighted by atomic mass is 32.2. The summed E-state index contributed by atoms with van der Waals surface area (Å²) in [5.41, 5.74) is 1.14. The maximum absolute atomic E-state index is 11.1. The van der Waals surface area contributed by atoms with E-state index in [1.54, 1.807) is 0 Å². The highest BCUT2D eigenvalue weighted by Crippen LogP contribution is 2.16. The van der Waals surface area contributed by atoms with E-state index in [0.29, 0.717) is 6.42 Å². The zero-order valence-corrected chi connectivity index (χ0v) is 11.4. The lowest BCUT2D eigenvalue weighted by molar-refractivity contribution is 0.566. The van der Waals surface area contributed by atoms with E-state index >= 15 is 0 Å². The predicted octanol–water partition coefficient (Wildman–Crippen LogP) is 2.32. The van der Waals surface area contributed by atoms with Gasteiger partial charge in [0.2, 0.25) is 10.0 Å². The molecule has 0 amide bonds. The summed E-state index contributed by atoms with van der Waals surface area (Å²) in [5, 5.41) is 2.38. The van der Waals surface area contributed by atoms with Crippen LogP contribution < -0.4 is 4.72 Å². The number of fused-ring (bicyclic) bond motifs is 1. The minimum absolute atomic E-state index is 0.0961. The molecule has 2 aromatic rings. The van der Waals surface area contributed by atoms with Gasteiger partial charge >= 0.3 is 0 Å². The first kappa shape index (κ1) is 13.1. The first-order valence-corrected chi connectivity index (χ1v) is 7.78. The molecule has 4 heteroatoms. The van der Waals surface area contributed by atoms with Gasteiger partial charge in [0.05, 0.1) is 6.26 Å². The molecule has 3 nitrogen and oxygen atoms in total. The average Bonchev–Trinajstić information content (AvgIpc) is 2.26. The summed E-state index contributed by atoms with van der Waals surface area (Å²) in [6, 6.07) is 14.3. The van der Waals surface area contributed by atoms with Crippen molar-refractivity contribution in [2.24, 2.45) is 0 Å². The van der Waals surface area contributed by atoms with Gasteiger partial charge in [0.15, 0.2) is 0 Å². The summed E-state index contributed by atoms with van der Waals surface area (Å²) in [4.78, 5) is 0. The maximum atomic E-state index is 11.1. The third-order valence-electron chi connectivity index (χ3n) is 2.77. The fraction of sp³-hybridized carbons (Fsp3) is 0.286. The molecule has 0 radical (unpaired) electrons. The van der Waals surface area contributed by atoms with E-state index in [-0.39, 0.29) is 6.04 Å². The molecule has 0 saturated carbocycles. The first-order valence-electron chi connectivity index (χ1n) is 5.89. The van der Waals surface area contributed by atoms with Crippen LogP contribution in [-0.4, -0.2) is 20.7 Å². The van der Waals surface area contributed by atoms with Gasteiger partial charge in [-0.2, -0.15) is 0 Å². The van der Waals surface area contributed by atoms with Crippen molar-refractivity contribution < 1.29 is 8.42 Å². The van der Waals surface area contributed by atoms with Crippen LogP contribution in [0.2, 0.25) is 0 Å². The summed E-state index contributed by atoms with van der Waals surface area (Å²) in [6.45, 7) is 1.87.